The van der Waals surface area contributed by atoms with Crippen LogP contribution in [0.3, 0.4) is 0 Å². The molecule has 0 rings (SSSR count). The van der Waals surface area contributed by atoms with E-state index in [2.05, 4.69) is 39.9 Å². The molecule has 0 spiro atoms. The molecule has 2 N–H and O–H groups in total. The Morgan fingerprint density at radius 1 is 1.19 bits per heavy atom. The lowest BCUT2D eigenvalue weighted by molar-refractivity contribution is 0.162. The Labute approximate surface area is 106 Å². The summed E-state index contributed by atoms with van der Waals surface area (Å²) in [7, 11) is 0. The van der Waals surface area contributed by atoms with Gasteiger partial charge in [-0.15, -0.1) is 0 Å². The highest BCUT2D eigenvalue weighted by molar-refractivity contribution is 7.99. The van der Waals surface area contributed by atoms with Gasteiger partial charge in [0.1, 0.15) is 0 Å². The van der Waals surface area contributed by atoms with Gasteiger partial charge in [0.2, 0.25) is 0 Å². The molecule has 0 aromatic heterocycles. The molecule has 0 aromatic carbocycles. The molecule has 0 saturated heterocycles. The molecule has 2 nitrogen and oxygen atoms in total. The van der Waals surface area contributed by atoms with Gasteiger partial charge in [0.05, 0.1) is 6.61 Å². The van der Waals surface area contributed by atoms with Crippen molar-refractivity contribution in [2.45, 2.75) is 59.0 Å². The first-order chi connectivity index (χ1) is 7.39. The Morgan fingerprint density at radius 3 is 2.25 bits per heavy atom. The normalized spacial score (nSPS) is 15.8. The van der Waals surface area contributed by atoms with Gasteiger partial charge in [-0.2, -0.15) is 11.8 Å². The molecule has 0 bridgehead atoms. The zero-order valence-electron chi connectivity index (χ0n) is 11.5. The molecule has 0 aliphatic carbocycles. The minimum Gasteiger partial charge on any atom is -0.394 e. The average molecular weight is 247 g/mol. The Morgan fingerprint density at radius 2 is 1.81 bits per heavy atom. The smallest absolute Gasteiger partial charge is 0.0610 e. The Hall–Kier alpha value is 0.270. The molecule has 0 aliphatic heterocycles. The number of hydrogen-bond acceptors (Lipinski definition) is 3. The summed E-state index contributed by atoms with van der Waals surface area (Å²) in [6.45, 7) is 11.1. The van der Waals surface area contributed by atoms with Crippen LogP contribution in [0.4, 0.5) is 0 Å². The van der Waals surface area contributed by atoms with E-state index >= 15 is 0 Å². The van der Waals surface area contributed by atoms with Crippen molar-refractivity contribution >= 4 is 11.8 Å². The molecule has 0 amide bonds. The molecule has 0 heterocycles. The van der Waals surface area contributed by atoms with Crippen LogP contribution in [0.5, 0.6) is 0 Å². The maximum Gasteiger partial charge on any atom is 0.0610 e. The van der Waals surface area contributed by atoms with Crippen molar-refractivity contribution in [3.05, 3.63) is 0 Å². The van der Waals surface area contributed by atoms with E-state index in [1.165, 1.54) is 12.2 Å². The number of nitrogens with one attached hydrogen (secondary N) is 1. The zero-order valence-corrected chi connectivity index (χ0v) is 12.4. The van der Waals surface area contributed by atoms with Crippen molar-refractivity contribution in [2.24, 2.45) is 5.92 Å². The summed E-state index contributed by atoms with van der Waals surface area (Å²) < 4.78 is 0. The number of aliphatic hydroxyl groups is 1. The van der Waals surface area contributed by atoms with Crippen LogP contribution in [-0.4, -0.2) is 34.8 Å². The van der Waals surface area contributed by atoms with Crippen LogP contribution >= 0.6 is 11.8 Å². The highest BCUT2D eigenvalue weighted by Crippen LogP contribution is 2.16. The van der Waals surface area contributed by atoms with Crippen molar-refractivity contribution in [1.82, 2.24) is 5.32 Å². The lowest BCUT2D eigenvalue weighted by Crippen LogP contribution is -2.49. The molecule has 0 radical (unpaired) electrons. The third-order valence-electron chi connectivity index (χ3n) is 2.62. The fourth-order valence-electron chi connectivity index (χ4n) is 1.61. The molecular weight excluding hydrogens is 218 g/mol. The second-order valence-corrected chi connectivity index (χ2v) is 6.79. The molecule has 1 atom stereocenters. The van der Waals surface area contributed by atoms with Crippen LogP contribution in [0.2, 0.25) is 0 Å². The highest BCUT2D eigenvalue weighted by atomic mass is 32.2. The van der Waals surface area contributed by atoms with Crippen LogP contribution in [0.25, 0.3) is 0 Å². The van der Waals surface area contributed by atoms with E-state index in [-0.39, 0.29) is 12.1 Å². The van der Waals surface area contributed by atoms with Crippen molar-refractivity contribution < 1.29 is 5.11 Å². The molecular formula is C13H29NOS. The molecule has 3 heteroatoms. The van der Waals surface area contributed by atoms with Gasteiger partial charge >= 0.3 is 0 Å². The van der Waals surface area contributed by atoms with Crippen molar-refractivity contribution in [3.8, 4) is 0 Å². The Kier molecular flexibility index (Phi) is 8.52. The predicted octanol–water partition coefficient (Wildman–Crippen LogP) is 2.90. The Balaban J connectivity index is 3.69. The van der Waals surface area contributed by atoms with E-state index in [0.717, 1.165) is 18.1 Å². The summed E-state index contributed by atoms with van der Waals surface area (Å²) in [4.78, 5) is 0. The van der Waals surface area contributed by atoms with Crippen molar-refractivity contribution in [3.63, 3.8) is 0 Å². The average Bonchev–Trinajstić information content (AvgIpc) is 2.15. The van der Waals surface area contributed by atoms with Gasteiger partial charge < -0.3 is 10.4 Å². The standard InChI is InChI=1S/C13H29NOS/c1-11(2)6-8-16-9-7-13(5,10-15)14-12(3)4/h11-12,14-15H,6-10H2,1-5H3. The van der Waals surface area contributed by atoms with E-state index in [4.69, 9.17) is 0 Å². The number of thioether (sulfide) groups is 1. The number of hydrogen-bond donors (Lipinski definition) is 2. The van der Waals surface area contributed by atoms with Crippen LogP contribution < -0.4 is 5.32 Å². The van der Waals surface area contributed by atoms with Gasteiger partial charge in [-0.25, -0.2) is 0 Å². The lowest BCUT2D eigenvalue weighted by Gasteiger charge is -2.31. The third-order valence-corrected chi connectivity index (χ3v) is 3.64. The first-order valence-corrected chi connectivity index (χ1v) is 7.51. The van der Waals surface area contributed by atoms with Gasteiger partial charge in [-0.1, -0.05) is 27.7 Å². The SMILES string of the molecule is CC(C)CCSCCC(C)(CO)NC(C)C. The first-order valence-electron chi connectivity index (χ1n) is 6.36. The molecule has 0 aliphatic rings. The van der Waals surface area contributed by atoms with Crippen LogP contribution in [-0.2, 0) is 0 Å². The van der Waals surface area contributed by atoms with Gasteiger partial charge in [0, 0.05) is 11.6 Å². The largest absolute Gasteiger partial charge is 0.394 e. The third kappa shape index (κ3) is 8.43. The van der Waals surface area contributed by atoms with Gasteiger partial charge in [0.15, 0.2) is 0 Å². The Bertz CT molecular complexity index is 173. The van der Waals surface area contributed by atoms with E-state index < -0.39 is 0 Å². The van der Waals surface area contributed by atoms with Crippen LogP contribution in [0.15, 0.2) is 0 Å². The number of rotatable bonds is 9. The first kappa shape index (κ1) is 16.3. The maximum absolute atomic E-state index is 9.41. The van der Waals surface area contributed by atoms with Gasteiger partial charge in [-0.3, -0.25) is 0 Å². The molecule has 16 heavy (non-hydrogen) atoms. The second kappa shape index (κ2) is 8.37. The topological polar surface area (TPSA) is 32.3 Å². The molecule has 1 unspecified atom stereocenters. The van der Waals surface area contributed by atoms with E-state index in [1.54, 1.807) is 0 Å². The lowest BCUT2D eigenvalue weighted by atomic mass is 9.99. The monoisotopic (exact) mass is 247 g/mol. The highest BCUT2D eigenvalue weighted by Gasteiger charge is 2.23. The summed E-state index contributed by atoms with van der Waals surface area (Å²) in [6.07, 6.45) is 2.32. The molecule has 0 aromatic rings. The summed E-state index contributed by atoms with van der Waals surface area (Å²) in [6, 6.07) is 0.429. The summed E-state index contributed by atoms with van der Waals surface area (Å²) in [5.74, 6) is 3.16. The second-order valence-electron chi connectivity index (χ2n) is 5.56. The fraction of sp³-hybridized carbons (Fsp3) is 1.00. The molecule has 98 valence electrons. The number of aliphatic hydroxyl groups excluding tert-OH is 1. The summed E-state index contributed by atoms with van der Waals surface area (Å²) >= 11 is 2.00. The molecule has 0 saturated carbocycles. The van der Waals surface area contributed by atoms with Crippen LogP contribution in [0, 0.1) is 5.92 Å². The predicted molar refractivity (Wildman–Crippen MR) is 75.2 cm³/mol. The van der Waals surface area contributed by atoms with E-state index in [1.807, 2.05) is 11.8 Å². The maximum atomic E-state index is 9.41. The fourth-order valence-corrected chi connectivity index (χ4v) is 3.05. The summed E-state index contributed by atoms with van der Waals surface area (Å²) in [5, 5.41) is 12.8. The zero-order chi connectivity index (χ0) is 12.6. The van der Waals surface area contributed by atoms with Crippen molar-refractivity contribution in [1.29, 1.82) is 0 Å². The minimum absolute atomic E-state index is 0.112. The van der Waals surface area contributed by atoms with Crippen molar-refractivity contribution in [2.75, 3.05) is 18.1 Å². The van der Waals surface area contributed by atoms with Crippen LogP contribution in [0.1, 0.15) is 47.5 Å². The quantitative estimate of drug-likeness (QED) is 0.615. The van der Waals surface area contributed by atoms with E-state index in [9.17, 15) is 5.11 Å². The van der Waals surface area contributed by atoms with E-state index in [0.29, 0.717) is 6.04 Å². The minimum atomic E-state index is -0.112. The van der Waals surface area contributed by atoms with Gasteiger partial charge in [-0.05, 0) is 37.2 Å². The summed E-state index contributed by atoms with van der Waals surface area (Å²) in [5.41, 5.74) is -0.112. The van der Waals surface area contributed by atoms with Gasteiger partial charge in [0.25, 0.3) is 0 Å². The molecule has 0 fully saturated rings.